The number of aliphatic carboxylic acids is 1. The molecule has 4 rings (SSSR count). The van der Waals surface area contributed by atoms with Gasteiger partial charge in [0.25, 0.3) is 0 Å². The lowest BCUT2D eigenvalue weighted by molar-refractivity contribution is -0.144. The van der Waals surface area contributed by atoms with E-state index in [0.717, 1.165) is 36.1 Å². The zero-order valence-corrected chi connectivity index (χ0v) is 15.6. The van der Waals surface area contributed by atoms with Crippen molar-refractivity contribution < 1.29 is 9.90 Å². The van der Waals surface area contributed by atoms with Crippen LogP contribution in [0.5, 0.6) is 0 Å². The number of carboxylic acids is 1. The molecule has 3 aromatic rings. The molecule has 0 spiro atoms. The number of H-pyrrole nitrogens is 1. The Balaban J connectivity index is 1.49. The second-order valence-electron chi connectivity index (χ2n) is 6.85. The van der Waals surface area contributed by atoms with E-state index in [0.29, 0.717) is 18.1 Å². The highest BCUT2D eigenvalue weighted by Crippen LogP contribution is 2.31. The van der Waals surface area contributed by atoms with Crippen LogP contribution in [0.3, 0.4) is 0 Å². The molecule has 0 unspecified atom stereocenters. The monoisotopic (exact) mass is 384 g/mol. The standard InChI is InChI=1S/C20H21ClN4O2/c21-15-3-4-16-17(12-23-18(16)10-15)19(20(26)27)25-8-6-24(7-9-25)13-14-2-1-5-22-11-14/h1-5,10-12,19,23H,6-9,13H2,(H,26,27)/t19-/m1/s1. The van der Waals surface area contributed by atoms with Gasteiger partial charge in [-0.1, -0.05) is 23.7 Å². The Morgan fingerprint density at radius 1 is 1.26 bits per heavy atom. The average molecular weight is 385 g/mol. The number of piperazine rings is 1. The molecule has 140 valence electrons. The van der Waals surface area contributed by atoms with Gasteiger partial charge in [-0.05, 0) is 23.8 Å². The topological polar surface area (TPSA) is 72.5 Å². The second kappa shape index (κ2) is 7.68. The molecule has 0 saturated carbocycles. The van der Waals surface area contributed by atoms with Crippen LogP contribution in [0, 0.1) is 0 Å². The third-order valence-corrected chi connectivity index (χ3v) is 5.34. The van der Waals surface area contributed by atoms with Crippen molar-refractivity contribution in [3.05, 3.63) is 65.1 Å². The Labute approximate surface area is 162 Å². The molecule has 1 atom stereocenters. The summed E-state index contributed by atoms with van der Waals surface area (Å²) in [6.07, 6.45) is 5.44. The Hall–Kier alpha value is -2.41. The summed E-state index contributed by atoms with van der Waals surface area (Å²) in [5, 5.41) is 11.4. The van der Waals surface area contributed by atoms with E-state index < -0.39 is 12.0 Å². The normalized spacial score (nSPS) is 17.2. The summed E-state index contributed by atoms with van der Waals surface area (Å²) < 4.78 is 0. The Morgan fingerprint density at radius 2 is 2.07 bits per heavy atom. The molecule has 0 amide bonds. The Kier molecular flexibility index (Phi) is 5.11. The zero-order chi connectivity index (χ0) is 18.8. The number of nitrogens with zero attached hydrogens (tertiary/aromatic N) is 3. The van der Waals surface area contributed by atoms with Crippen LogP contribution < -0.4 is 0 Å². The molecule has 1 fully saturated rings. The van der Waals surface area contributed by atoms with E-state index in [9.17, 15) is 9.90 Å². The lowest BCUT2D eigenvalue weighted by atomic mass is 10.0. The number of rotatable bonds is 5. The van der Waals surface area contributed by atoms with Gasteiger partial charge in [-0.15, -0.1) is 0 Å². The number of nitrogens with one attached hydrogen (secondary N) is 1. The van der Waals surface area contributed by atoms with Gasteiger partial charge in [0.15, 0.2) is 0 Å². The van der Waals surface area contributed by atoms with Gasteiger partial charge in [-0.2, -0.15) is 0 Å². The maximum Gasteiger partial charge on any atom is 0.325 e. The summed E-state index contributed by atoms with van der Waals surface area (Å²) in [4.78, 5) is 23.8. The van der Waals surface area contributed by atoms with Crippen LogP contribution in [0.4, 0.5) is 0 Å². The van der Waals surface area contributed by atoms with Crippen LogP contribution in [0.1, 0.15) is 17.2 Å². The molecule has 1 saturated heterocycles. The number of halogens is 1. The van der Waals surface area contributed by atoms with Crippen molar-refractivity contribution in [2.45, 2.75) is 12.6 Å². The van der Waals surface area contributed by atoms with E-state index in [4.69, 9.17) is 11.6 Å². The largest absolute Gasteiger partial charge is 0.480 e. The fourth-order valence-electron chi connectivity index (χ4n) is 3.76. The first-order valence-electron chi connectivity index (χ1n) is 8.96. The van der Waals surface area contributed by atoms with Crippen molar-refractivity contribution in [1.29, 1.82) is 0 Å². The molecular weight excluding hydrogens is 364 g/mol. The Bertz CT molecular complexity index is 936. The van der Waals surface area contributed by atoms with Gasteiger partial charge in [0.1, 0.15) is 6.04 Å². The molecule has 0 bridgehead atoms. The predicted molar refractivity (Wildman–Crippen MR) is 105 cm³/mol. The number of fused-ring (bicyclic) bond motifs is 1. The SMILES string of the molecule is O=C(O)[C@@H](c1c[nH]c2cc(Cl)ccc12)N1CCN(Cc2cccnc2)CC1. The lowest BCUT2D eigenvalue weighted by Gasteiger charge is -2.37. The molecule has 0 aliphatic carbocycles. The highest BCUT2D eigenvalue weighted by molar-refractivity contribution is 6.31. The summed E-state index contributed by atoms with van der Waals surface area (Å²) >= 11 is 6.04. The molecule has 7 heteroatoms. The van der Waals surface area contributed by atoms with E-state index in [1.807, 2.05) is 29.3 Å². The van der Waals surface area contributed by atoms with Crippen molar-refractivity contribution >= 4 is 28.5 Å². The van der Waals surface area contributed by atoms with Crippen LogP contribution in [0.2, 0.25) is 5.02 Å². The Morgan fingerprint density at radius 3 is 2.78 bits per heavy atom. The maximum absolute atomic E-state index is 12.1. The molecule has 27 heavy (non-hydrogen) atoms. The van der Waals surface area contributed by atoms with Crippen LogP contribution in [0.25, 0.3) is 10.9 Å². The fraction of sp³-hybridized carbons (Fsp3) is 0.300. The molecule has 3 heterocycles. The smallest absolute Gasteiger partial charge is 0.325 e. The third-order valence-electron chi connectivity index (χ3n) is 5.11. The van der Waals surface area contributed by atoms with Crippen molar-refractivity contribution in [3.63, 3.8) is 0 Å². The number of carboxylic acid groups (broad SMARTS) is 1. The summed E-state index contributed by atoms with van der Waals surface area (Å²) in [5.74, 6) is -0.827. The zero-order valence-electron chi connectivity index (χ0n) is 14.8. The van der Waals surface area contributed by atoms with Crippen molar-refractivity contribution in [3.8, 4) is 0 Å². The van der Waals surface area contributed by atoms with Gasteiger partial charge in [0.05, 0.1) is 0 Å². The van der Waals surface area contributed by atoms with E-state index in [1.165, 1.54) is 5.56 Å². The van der Waals surface area contributed by atoms with Crippen LogP contribution >= 0.6 is 11.6 Å². The first-order chi connectivity index (χ1) is 13.1. The molecule has 1 aliphatic rings. The van der Waals surface area contributed by atoms with Gasteiger partial charge >= 0.3 is 5.97 Å². The van der Waals surface area contributed by atoms with Gasteiger partial charge in [0.2, 0.25) is 0 Å². The molecule has 6 nitrogen and oxygen atoms in total. The fourth-order valence-corrected chi connectivity index (χ4v) is 3.93. The molecule has 2 N–H and O–H groups in total. The summed E-state index contributed by atoms with van der Waals surface area (Å²) in [6, 6.07) is 8.85. The first kappa shape index (κ1) is 18.0. The molecule has 1 aliphatic heterocycles. The molecular formula is C20H21ClN4O2. The predicted octanol–water partition coefficient (Wildman–Crippen LogP) is 3.16. The minimum Gasteiger partial charge on any atom is -0.480 e. The van der Waals surface area contributed by atoms with E-state index in [1.54, 1.807) is 18.5 Å². The number of hydrogen-bond acceptors (Lipinski definition) is 4. The summed E-state index contributed by atoms with van der Waals surface area (Å²) in [7, 11) is 0. The van der Waals surface area contributed by atoms with Crippen molar-refractivity contribution in [2.75, 3.05) is 26.2 Å². The molecule has 0 radical (unpaired) electrons. The van der Waals surface area contributed by atoms with Gasteiger partial charge in [-0.3, -0.25) is 19.6 Å². The number of benzene rings is 1. The van der Waals surface area contributed by atoms with Gasteiger partial charge in [0, 0.05) is 72.8 Å². The van der Waals surface area contributed by atoms with Crippen molar-refractivity contribution in [1.82, 2.24) is 19.8 Å². The number of aromatic amines is 1. The number of hydrogen-bond donors (Lipinski definition) is 2. The van der Waals surface area contributed by atoms with E-state index in [-0.39, 0.29) is 0 Å². The van der Waals surface area contributed by atoms with Gasteiger partial charge in [-0.25, -0.2) is 0 Å². The lowest BCUT2D eigenvalue weighted by Crippen LogP contribution is -2.48. The van der Waals surface area contributed by atoms with Crippen LogP contribution in [-0.2, 0) is 11.3 Å². The van der Waals surface area contributed by atoms with E-state index in [2.05, 4.69) is 20.9 Å². The molecule has 2 aromatic heterocycles. The highest BCUT2D eigenvalue weighted by atomic mass is 35.5. The van der Waals surface area contributed by atoms with Crippen LogP contribution in [-0.4, -0.2) is 57.0 Å². The number of aromatic nitrogens is 2. The first-order valence-corrected chi connectivity index (χ1v) is 9.34. The number of pyridine rings is 1. The quantitative estimate of drug-likeness (QED) is 0.707. The average Bonchev–Trinajstić information content (AvgIpc) is 3.06. The summed E-state index contributed by atoms with van der Waals surface area (Å²) in [6.45, 7) is 3.90. The molecule has 1 aromatic carbocycles. The van der Waals surface area contributed by atoms with E-state index >= 15 is 0 Å². The summed E-state index contributed by atoms with van der Waals surface area (Å²) in [5.41, 5.74) is 2.82. The third kappa shape index (κ3) is 3.83. The minimum absolute atomic E-state index is 0.631. The van der Waals surface area contributed by atoms with Gasteiger partial charge < -0.3 is 10.1 Å². The van der Waals surface area contributed by atoms with Crippen molar-refractivity contribution in [2.24, 2.45) is 0 Å². The van der Waals surface area contributed by atoms with Crippen LogP contribution in [0.15, 0.2) is 48.9 Å². The maximum atomic E-state index is 12.1. The highest BCUT2D eigenvalue weighted by Gasteiger charge is 2.32. The minimum atomic E-state index is -0.827. The number of carbonyl (C=O) groups is 1. The second-order valence-corrected chi connectivity index (χ2v) is 7.28.